The number of hydrogen-bond acceptors (Lipinski definition) is 8. The van der Waals surface area contributed by atoms with Crippen LogP contribution in [-0.4, -0.2) is 49.3 Å². The number of carbonyl (C=O) groups excluding carboxylic acids is 4. The Hall–Kier alpha value is -2.38. The predicted molar refractivity (Wildman–Crippen MR) is 99.1 cm³/mol. The molecule has 2 bridgehead atoms. The summed E-state index contributed by atoms with van der Waals surface area (Å²) in [4.78, 5) is 49.6. The first kappa shape index (κ1) is 21.3. The molecule has 8 nitrogen and oxygen atoms in total. The molecule has 8 heteroatoms. The fraction of sp³-hybridized carbons (Fsp3) is 0.714. The second-order valence-electron chi connectivity index (χ2n) is 7.88. The maximum atomic E-state index is 12.9. The fourth-order valence-corrected chi connectivity index (χ4v) is 4.76. The molecule has 0 heterocycles. The summed E-state index contributed by atoms with van der Waals surface area (Å²) in [5.74, 6) is -4.24. The number of carbonyl (C=O) groups is 4. The Morgan fingerprint density at radius 1 is 0.828 bits per heavy atom. The van der Waals surface area contributed by atoms with Gasteiger partial charge in [-0.25, -0.2) is 9.59 Å². The lowest BCUT2D eigenvalue weighted by Gasteiger charge is -2.26. The summed E-state index contributed by atoms with van der Waals surface area (Å²) in [6.07, 6.45) is 3.66. The average molecular weight is 408 g/mol. The third-order valence-electron chi connectivity index (χ3n) is 6.21. The van der Waals surface area contributed by atoms with Crippen LogP contribution in [0.15, 0.2) is 12.2 Å². The number of esters is 4. The standard InChI is InChI=1S/C21H28O8/c1-5-26-17(22)11(3)28-19(24)15-13-7-8-14(21(13)9-10-21)16(15)20(25)29-12(4)18(23)27-6-2/h7-8,11-16H,5-6,9-10H2,1-4H3/t11-,12-,13?,14?,15?,16?/m0/s1. The summed E-state index contributed by atoms with van der Waals surface area (Å²) >= 11 is 0. The molecule has 0 aromatic rings. The Morgan fingerprint density at radius 2 is 1.21 bits per heavy atom. The zero-order valence-electron chi connectivity index (χ0n) is 17.2. The Balaban J connectivity index is 1.75. The second kappa shape index (κ2) is 8.16. The van der Waals surface area contributed by atoms with Crippen LogP contribution in [0.3, 0.4) is 0 Å². The molecule has 0 aromatic heterocycles. The normalized spacial score (nSPS) is 29.8. The molecule has 6 atom stereocenters. The monoisotopic (exact) mass is 408 g/mol. The molecule has 0 radical (unpaired) electrons. The van der Waals surface area contributed by atoms with E-state index in [0.29, 0.717) is 0 Å². The molecule has 0 saturated heterocycles. The van der Waals surface area contributed by atoms with Gasteiger partial charge in [0.2, 0.25) is 0 Å². The highest BCUT2D eigenvalue weighted by Crippen LogP contribution is 2.72. The number of allylic oxidation sites excluding steroid dienone is 2. The maximum absolute atomic E-state index is 12.9. The lowest BCUT2D eigenvalue weighted by atomic mass is 9.83. The van der Waals surface area contributed by atoms with Crippen molar-refractivity contribution in [1.29, 1.82) is 0 Å². The van der Waals surface area contributed by atoms with Crippen LogP contribution in [0.25, 0.3) is 0 Å². The largest absolute Gasteiger partial charge is 0.463 e. The van der Waals surface area contributed by atoms with Gasteiger partial charge in [0.25, 0.3) is 0 Å². The molecule has 3 aliphatic carbocycles. The third-order valence-corrected chi connectivity index (χ3v) is 6.21. The minimum atomic E-state index is -1.06. The zero-order valence-corrected chi connectivity index (χ0v) is 17.2. The minimum absolute atomic E-state index is 0.117. The molecule has 0 N–H and O–H groups in total. The van der Waals surface area contributed by atoms with Crippen molar-refractivity contribution in [2.24, 2.45) is 29.1 Å². The molecule has 160 valence electrons. The zero-order chi connectivity index (χ0) is 21.3. The van der Waals surface area contributed by atoms with Gasteiger partial charge < -0.3 is 18.9 Å². The highest BCUT2D eigenvalue weighted by atomic mass is 16.6. The topological polar surface area (TPSA) is 105 Å². The Morgan fingerprint density at radius 3 is 1.52 bits per heavy atom. The van der Waals surface area contributed by atoms with Crippen LogP contribution in [-0.2, 0) is 38.1 Å². The van der Waals surface area contributed by atoms with Gasteiger partial charge in [-0.15, -0.1) is 0 Å². The van der Waals surface area contributed by atoms with E-state index in [1.54, 1.807) is 13.8 Å². The predicted octanol–water partition coefficient (Wildman–Crippen LogP) is 1.80. The van der Waals surface area contributed by atoms with Gasteiger partial charge in [0, 0.05) is 0 Å². The maximum Gasteiger partial charge on any atom is 0.347 e. The van der Waals surface area contributed by atoms with Crippen LogP contribution >= 0.6 is 0 Å². The number of ether oxygens (including phenoxy) is 4. The average Bonchev–Trinajstić information content (AvgIpc) is 3.34. The highest BCUT2D eigenvalue weighted by Gasteiger charge is 2.71. The number of hydrogen-bond donors (Lipinski definition) is 0. The molecule has 2 fully saturated rings. The van der Waals surface area contributed by atoms with E-state index in [0.717, 1.165) is 12.8 Å². The quantitative estimate of drug-likeness (QED) is 0.340. The van der Waals surface area contributed by atoms with Gasteiger partial charge >= 0.3 is 23.9 Å². The van der Waals surface area contributed by atoms with E-state index >= 15 is 0 Å². The van der Waals surface area contributed by atoms with E-state index in [4.69, 9.17) is 18.9 Å². The van der Waals surface area contributed by atoms with E-state index in [-0.39, 0.29) is 30.5 Å². The van der Waals surface area contributed by atoms with E-state index < -0.39 is 47.9 Å². The Bertz CT molecular complexity index is 666. The van der Waals surface area contributed by atoms with Crippen molar-refractivity contribution < 1.29 is 38.1 Å². The first-order valence-corrected chi connectivity index (χ1v) is 10.2. The van der Waals surface area contributed by atoms with Gasteiger partial charge in [0.05, 0.1) is 25.0 Å². The van der Waals surface area contributed by atoms with Crippen LogP contribution in [0.5, 0.6) is 0 Å². The van der Waals surface area contributed by atoms with Crippen molar-refractivity contribution in [3.63, 3.8) is 0 Å². The molecule has 1 spiro atoms. The van der Waals surface area contributed by atoms with E-state index in [9.17, 15) is 19.2 Å². The van der Waals surface area contributed by atoms with Crippen molar-refractivity contribution in [3.05, 3.63) is 12.2 Å². The van der Waals surface area contributed by atoms with E-state index in [1.807, 2.05) is 12.2 Å². The van der Waals surface area contributed by atoms with Crippen molar-refractivity contribution in [2.45, 2.75) is 52.7 Å². The lowest BCUT2D eigenvalue weighted by Crippen LogP contribution is -2.40. The molecule has 29 heavy (non-hydrogen) atoms. The molecule has 2 saturated carbocycles. The van der Waals surface area contributed by atoms with Crippen molar-refractivity contribution >= 4 is 23.9 Å². The minimum Gasteiger partial charge on any atom is -0.463 e. The smallest absolute Gasteiger partial charge is 0.347 e. The van der Waals surface area contributed by atoms with Gasteiger partial charge in [-0.2, -0.15) is 0 Å². The second-order valence-corrected chi connectivity index (χ2v) is 7.88. The van der Waals surface area contributed by atoms with Gasteiger partial charge in [-0.3, -0.25) is 9.59 Å². The van der Waals surface area contributed by atoms with Crippen molar-refractivity contribution in [1.82, 2.24) is 0 Å². The molecule has 0 aromatic carbocycles. The molecule has 0 amide bonds. The van der Waals surface area contributed by atoms with Gasteiger partial charge in [-0.05, 0) is 57.8 Å². The summed E-state index contributed by atoms with van der Waals surface area (Å²) in [6.45, 7) is 6.59. The Kier molecular flexibility index (Phi) is 6.00. The summed E-state index contributed by atoms with van der Waals surface area (Å²) in [7, 11) is 0. The van der Waals surface area contributed by atoms with Gasteiger partial charge in [0.1, 0.15) is 0 Å². The van der Waals surface area contributed by atoms with Gasteiger partial charge in [-0.1, -0.05) is 12.2 Å². The summed E-state index contributed by atoms with van der Waals surface area (Å²) in [5, 5.41) is 0. The molecule has 4 unspecified atom stereocenters. The lowest BCUT2D eigenvalue weighted by molar-refractivity contribution is -0.176. The summed E-state index contributed by atoms with van der Waals surface area (Å²) < 4.78 is 20.5. The van der Waals surface area contributed by atoms with Crippen LogP contribution in [0.4, 0.5) is 0 Å². The van der Waals surface area contributed by atoms with E-state index in [1.165, 1.54) is 13.8 Å². The molecule has 3 rings (SSSR count). The van der Waals surface area contributed by atoms with Crippen LogP contribution in [0, 0.1) is 29.1 Å². The molecule has 0 aliphatic heterocycles. The van der Waals surface area contributed by atoms with Crippen LogP contribution < -0.4 is 0 Å². The van der Waals surface area contributed by atoms with Crippen LogP contribution in [0.2, 0.25) is 0 Å². The highest BCUT2D eigenvalue weighted by molar-refractivity contribution is 5.88. The first-order valence-electron chi connectivity index (χ1n) is 10.2. The molecule has 3 aliphatic rings. The SMILES string of the molecule is CCOC(=O)[C@H](C)OC(=O)C1C(C(=O)O[C@@H](C)C(=O)OCC)C2C=CC1C21CC1. The Labute approximate surface area is 169 Å². The fourth-order valence-electron chi connectivity index (χ4n) is 4.76. The third kappa shape index (κ3) is 3.76. The van der Waals surface area contributed by atoms with Crippen molar-refractivity contribution in [2.75, 3.05) is 13.2 Å². The molecular formula is C21H28O8. The summed E-state index contributed by atoms with van der Waals surface area (Å²) in [5.41, 5.74) is -0.117. The molecular weight excluding hydrogens is 380 g/mol. The van der Waals surface area contributed by atoms with E-state index in [2.05, 4.69) is 0 Å². The van der Waals surface area contributed by atoms with Gasteiger partial charge in [0.15, 0.2) is 12.2 Å². The first-order chi connectivity index (χ1) is 13.8. The van der Waals surface area contributed by atoms with Crippen LogP contribution in [0.1, 0.15) is 40.5 Å². The summed E-state index contributed by atoms with van der Waals surface area (Å²) in [6, 6.07) is 0. The van der Waals surface area contributed by atoms with Crippen molar-refractivity contribution in [3.8, 4) is 0 Å². The number of rotatable bonds is 8.